The molecular formula is C14H25NO3. The monoisotopic (exact) mass is 255 g/mol. The Morgan fingerprint density at radius 1 is 1.22 bits per heavy atom. The molecule has 1 amide bonds. The number of nitrogens with one attached hydrogen (secondary N) is 1. The minimum absolute atomic E-state index is 0.0255. The van der Waals surface area contributed by atoms with Gasteiger partial charge in [0.15, 0.2) is 0 Å². The first-order valence-corrected chi connectivity index (χ1v) is 7.09. The summed E-state index contributed by atoms with van der Waals surface area (Å²) in [5.41, 5.74) is 0. The average molecular weight is 255 g/mol. The first-order valence-electron chi connectivity index (χ1n) is 7.09. The highest BCUT2D eigenvalue weighted by atomic mass is 16.5. The van der Waals surface area contributed by atoms with Crippen molar-refractivity contribution in [3.05, 3.63) is 0 Å². The molecule has 0 spiro atoms. The third-order valence-corrected chi connectivity index (χ3v) is 3.47. The Labute approximate surface area is 109 Å². The summed E-state index contributed by atoms with van der Waals surface area (Å²) < 4.78 is 4.86. The van der Waals surface area contributed by atoms with Crippen LogP contribution in [0.3, 0.4) is 0 Å². The molecular weight excluding hydrogens is 230 g/mol. The van der Waals surface area contributed by atoms with Gasteiger partial charge in [0.2, 0.25) is 5.91 Å². The molecule has 1 unspecified atom stereocenters. The molecule has 1 aliphatic carbocycles. The van der Waals surface area contributed by atoms with Crippen molar-refractivity contribution in [2.24, 2.45) is 5.92 Å². The Morgan fingerprint density at radius 3 is 2.39 bits per heavy atom. The van der Waals surface area contributed by atoms with E-state index >= 15 is 0 Å². The lowest BCUT2D eigenvalue weighted by Crippen LogP contribution is -2.40. The van der Waals surface area contributed by atoms with Crippen molar-refractivity contribution in [2.45, 2.75) is 64.8 Å². The van der Waals surface area contributed by atoms with Gasteiger partial charge in [-0.1, -0.05) is 25.7 Å². The number of carbonyl (C=O) groups excluding carboxylic acids is 2. The van der Waals surface area contributed by atoms with E-state index in [1.807, 2.05) is 0 Å². The molecule has 1 N–H and O–H groups in total. The summed E-state index contributed by atoms with van der Waals surface area (Å²) in [7, 11) is 0. The Kier molecular flexibility index (Phi) is 6.76. The Hall–Kier alpha value is -1.06. The summed E-state index contributed by atoms with van der Waals surface area (Å²) in [6.45, 7) is 3.78. The fourth-order valence-corrected chi connectivity index (χ4v) is 2.46. The molecule has 4 nitrogen and oxygen atoms in total. The van der Waals surface area contributed by atoms with Crippen LogP contribution in [0.4, 0.5) is 0 Å². The fraction of sp³-hybridized carbons (Fsp3) is 0.857. The van der Waals surface area contributed by atoms with Gasteiger partial charge in [-0.3, -0.25) is 4.79 Å². The topological polar surface area (TPSA) is 55.4 Å². The normalized spacial score (nSPS) is 18.8. The smallest absolute Gasteiger partial charge is 0.328 e. The first-order chi connectivity index (χ1) is 8.63. The summed E-state index contributed by atoms with van der Waals surface area (Å²) in [6, 6.07) is -0.539. The predicted molar refractivity (Wildman–Crippen MR) is 70.0 cm³/mol. The minimum Gasteiger partial charge on any atom is -0.464 e. The van der Waals surface area contributed by atoms with E-state index in [1.165, 1.54) is 25.7 Å². The lowest BCUT2D eigenvalue weighted by atomic mass is 9.96. The van der Waals surface area contributed by atoms with Crippen molar-refractivity contribution in [1.82, 2.24) is 5.32 Å². The van der Waals surface area contributed by atoms with Crippen molar-refractivity contribution in [2.75, 3.05) is 6.61 Å². The van der Waals surface area contributed by atoms with Crippen molar-refractivity contribution in [1.29, 1.82) is 0 Å². The van der Waals surface area contributed by atoms with Crippen LogP contribution in [-0.4, -0.2) is 24.5 Å². The van der Waals surface area contributed by atoms with E-state index in [4.69, 9.17) is 4.74 Å². The molecule has 1 fully saturated rings. The van der Waals surface area contributed by atoms with Gasteiger partial charge in [0.1, 0.15) is 6.04 Å². The number of ether oxygens (including phenoxy) is 1. The van der Waals surface area contributed by atoms with Crippen LogP contribution in [0.2, 0.25) is 0 Å². The molecule has 1 atom stereocenters. The van der Waals surface area contributed by atoms with Crippen LogP contribution >= 0.6 is 0 Å². The summed E-state index contributed by atoms with van der Waals surface area (Å²) >= 11 is 0. The zero-order valence-corrected chi connectivity index (χ0v) is 11.5. The van der Waals surface area contributed by atoms with E-state index < -0.39 is 6.04 Å². The number of hydrogen-bond acceptors (Lipinski definition) is 3. The molecule has 1 rings (SSSR count). The van der Waals surface area contributed by atoms with Crippen LogP contribution in [0, 0.1) is 5.92 Å². The van der Waals surface area contributed by atoms with Gasteiger partial charge in [0.25, 0.3) is 0 Å². The standard InChI is InChI=1S/C14H25NO3/c1-3-18-14(17)11(2)15-13(16)10-12-8-6-4-5-7-9-12/h11-12H,3-10H2,1-2H3,(H,15,16). The molecule has 104 valence electrons. The van der Waals surface area contributed by atoms with Gasteiger partial charge in [-0.05, 0) is 32.6 Å². The molecule has 0 aromatic heterocycles. The highest BCUT2D eigenvalue weighted by Crippen LogP contribution is 2.25. The summed E-state index contributed by atoms with van der Waals surface area (Å²) in [4.78, 5) is 23.2. The molecule has 4 heteroatoms. The summed E-state index contributed by atoms with van der Waals surface area (Å²) in [6.07, 6.45) is 7.86. The van der Waals surface area contributed by atoms with Crippen LogP contribution in [-0.2, 0) is 14.3 Å². The SMILES string of the molecule is CCOC(=O)C(C)NC(=O)CC1CCCCCC1. The maximum absolute atomic E-state index is 11.8. The van der Waals surface area contributed by atoms with Crippen LogP contribution in [0.1, 0.15) is 58.8 Å². The van der Waals surface area contributed by atoms with E-state index in [2.05, 4.69) is 5.32 Å². The number of esters is 1. The molecule has 0 heterocycles. The van der Waals surface area contributed by atoms with Crippen molar-refractivity contribution >= 4 is 11.9 Å². The van der Waals surface area contributed by atoms with E-state index in [1.54, 1.807) is 13.8 Å². The third kappa shape index (κ3) is 5.52. The molecule has 0 aromatic carbocycles. The van der Waals surface area contributed by atoms with Crippen molar-refractivity contribution in [3.63, 3.8) is 0 Å². The maximum atomic E-state index is 11.8. The Morgan fingerprint density at radius 2 is 1.83 bits per heavy atom. The predicted octanol–water partition coefficient (Wildman–Crippen LogP) is 2.41. The third-order valence-electron chi connectivity index (χ3n) is 3.47. The quantitative estimate of drug-likeness (QED) is 0.606. The van der Waals surface area contributed by atoms with E-state index in [0.29, 0.717) is 18.9 Å². The molecule has 1 aliphatic rings. The Bertz CT molecular complexity index is 270. The second kappa shape index (κ2) is 8.11. The number of amides is 1. The van der Waals surface area contributed by atoms with Gasteiger partial charge >= 0.3 is 5.97 Å². The largest absolute Gasteiger partial charge is 0.464 e. The van der Waals surface area contributed by atoms with Gasteiger partial charge in [-0.15, -0.1) is 0 Å². The molecule has 1 saturated carbocycles. The highest BCUT2D eigenvalue weighted by molar-refractivity contribution is 5.84. The van der Waals surface area contributed by atoms with Gasteiger partial charge in [-0.25, -0.2) is 4.79 Å². The van der Waals surface area contributed by atoms with Gasteiger partial charge < -0.3 is 10.1 Å². The van der Waals surface area contributed by atoms with Crippen LogP contribution in [0.15, 0.2) is 0 Å². The van der Waals surface area contributed by atoms with Gasteiger partial charge in [0.05, 0.1) is 6.61 Å². The molecule has 18 heavy (non-hydrogen) atoms. The van der Waals surface area contributed by atoms with Crippen molar-refractivity contribution in [3.8, 4) is 0 Å². The zero-order chi connectivity index (χ0) is 13.4. The highest BCUT2D eigenvalue weighted by Gasteiger charge is 2.20. The summed E-state index contributed by atoms with van der Waals surface area (Å²) in [5, 5.41) is 2.72. The number of rotatable bonds is 5. The van der Waals surface area contributed by atoms with Crippen molar-refractivity contribution < 1.29 is 14.3 Å². The average Bonchev–Trinajstić information content (AvgIpc) is 2.57. The van der Waals surface area contributed by atoms with Gasteiger partial charge in [0, 0.05) is 6.42 Å². The number of carbonyl (C=O) groups is 2. The fourth-order valence-electron chi connectivity index (χ4n) is 2.46. The minimum atomic E-state index is -0.539. The second-order valence-corrected chi connectivity index (χ2v) is 5.10. The molecule has 0 radical (unpaired) electrons. The summed E-state index contributed by atoms with van der Waals surface area (Å²) in [5.74, 6) is 0.107. The van der Waals surface area contributed by atoms with E-state index in [0.717, 1.165) is 12.8 Å². The first kappa shape index (κ1) is 15.0. The van der Waals surface area contributed by atoms with E-state index in [-0.39, 0.29) is 11.9 Å². The number of hydrogen-bond donors (Lipinski definition) is 1. The zero-order valence-electron chi connectivity index (χ0n) is 11.5. The molecule has 0 bridgehead atoms. The maximum Gasteiger partial charge on any atom is 0.328 e. The molecule has 0 saturated heterocycles. The Balaban J connectivity index is 2.29. The second-order valence-electron chi connectivity index (χ2n) is 5.10. The van der Waals surface area contributed by atoms with E-state index in [9.17, 15) is 9.59 Å². The van der Waals surface area contributed by atoms with Gasteiger partial charge in [-0.2, -0.15) is 0 Å². The van der Waals surface area contributed by atoms with Crippen LogP contribution < -0.4 is 5.32 Å². The lowest BCUT2D eigenvalue weighted by Gasteiger charge is -2.16. The molecule has 0 aromatic rings. The van der Waals surface area contributed by atoms with Crippen LogP contribution in [0.5, 0.6) is 0 Å². The lowest BCUT2D eigenvalue weighted by molar-refractivity contribution is -0.147. The van der Waals surface area contributed by atoms with Crippen LogP contribution in [0.25, 0.3) is 0 Å². The molecule has 0 aliphatic heterocycles.